The van der Waals surface area contributed by atoms with Gasteiger partial charge >= 0.3 is 5.97 Å². The molecule has 8 nitrogen and oxygen atoms in total. The third-order valence-electron chi connectivity index (χ3n) is 4.13. The van der Waals surface area contributed by atoms with E-state index in [4.69, 9.17) is 21.2 Å². The largest absolute Gasteiger partial charge is 0.481 e. The Kier molecular flexibility index (Phi) is 5.37. The fourth-order valence-electron chi connectivity index (χ4n) is 2.89. The third kappa shape index (κ3) is 4.60. The third-order valence-corrected chi connectivity index (χ3v) is 4.31. The molecule has 0 unspecified atom stereocenters. The second kappa shape index (κ2) is 7.69. The lowest BCUT2D eigenvalue weighted by molar-refractivity contribution is -0.137. The number of carbonyl (C=O) groups excluding carboxylic acids is 1. The lowest BCUT2D eigenvalue weighted by Crippen LogP contribution is -2.30. The average Bonchev–Trinajstić information content (AvgIpc) is 3.11. The van der Waals surface area contributed by atoms with E-state index >= 15 is 0 Å². The van der Waals surface area contributed by atoms with Crippen molar-refractivity contribution in [2.24, 2.45) is 0 Å². The summed E-state index contributed by atoms with van der Waals surface area (Å²) < 4.78 is 6.89. The van der Waals surface area contributed by atoms with E-state index < -0.39 is 5.97 Å². The second-order valence-corrected chi connectivity index (χ2v) is 6.42. The quantitative estimate of drug-likeness (QED) is 0.837. The molecule has 3 rings (SSSR count). The number of carbonyl (C=O) groups is 2. The summed E-state index contributed by atoms with van der Waals surface area (Å²) in [5.41, 5.74) is 1.69. The maximum absolute atomic E-state index is 12.5. The number of nitrogens with zero attached hydrogens (tertiary/aromatic N) is 4. The SMILES string of the molecule is O=C(O)CCc1cc2n(n1)CCCN(C(=O)CCc1cc(Cl)no1)C2. The number of fused-ring (bicyclic) bond motifs is 1. The molecule has 1 aliphatic rings. The molecule has 2 aromatic rings. The fraction of sp³-hybridized carbons (Fsp3) is 0.500. The molecule has 0 saturated heterocycles. The molecule has 2 aromatic heterocycles. The van der Waals surface area contributed by atoms with Crippen molar-refractivity contribution >= 4 is 23.5 Å². The van der Waals surface area contributed by atoms with Gasteiger partial charge in [0, 0.05) is 38.4 Å². The Labute approximate surface area is 149 Å². The number of rotatable bonds is 6. The van der Waals surface area contributed by atoms with Gasteiger partial charge in [-0.15, -0.1) is 0 Å². The first-order chi connectivity index (χ1) is 12.0. The Morgan fingerprint density at radius 3 is 2.80 bits per heavy atom. The number of carboxylic acids is 1. The van der Waals surface area contributed by atoms with E-state index in [0.29, 0.717) is 38.1 Å². The summed E-state index contributed by atoms with van der Waals surface area (Å²) >= 11 is 5.70. The van der Waals surface area contributed by atoms with Crippen LogP contribution in [0.1, 0.15) is 36.4 Å². The van der Waals surface area contributed by atoms with E-state index in [1.165, 1.54) is 0 Å². The molecule has 0 aliphatic carbocycles. The monoisotopic (exact) mass is 366 g/mol. The topological polar surface area (TPSA) is 101 Å². The van der Waals surface area contributed by atoms with E-state index in [1.54, 1.807) is 11.0 Å². The normalized spacial score (nSPS) is 14.2. The van der Waals surface area contributed by atoms with Gasteiger partial charge in [-0.25, -0.2) is 0 Å². The lowest BCUT2D eigenvalue weighted by Gasteiger charge is -2.19. The van der Waals surface area contributed by atoms with Crippen LogP contribution < -0.4 is 0 Å². The molecule has 0 bridgehead atoms. The van der Waals surface area contributed by atoms with E-state index in [9.17, 15) is 9.59 Å². The highest BCUT2D eigenvalue weighted by atomic mass is 35.5. The number of carboxylic acid groups (broad SMARTS) is 1. The molecular formula is C16H19ClN4O4. The van der Waals surface area contributed by atoms with Gasteiger partial charge in [-0.05, 0) is 12.5 Å². The molecule has 1 N–H and O–H groups in total. The molecule has 0 radical (unpaired) electrons. The Morgan fingerprint density at radius 1 is 1.24 bits per heavy atom. The minimum atomic E-state index is -0.840. The molecule has 1 amide bonds. The first-order valence-corrected chi connectivity index (χ1v) is 8.55. The number of aromatic nitrogens is 3. The molecule has 9 heteroatoms. The summed E-state index contributed by atoms with van der Waals surface area (Å²) in [6, 6.07) is 3.51. The van der Waals surface area contributed by atoms with Crippen LogP contribution in [-0.2, 0) is 35.5 Å². The van der Waals surface area contributed by atoms with Crippen LogP contribution in [0.2, 0.25) is 5.15 Å². The van der Waals surface area contributed by atoms with Crippen LogP contribution >= 0.6 is 11.6 Å². The second-order valence-electron chi connectivity index (χ2n) is 6.03. The van der Waals surface area contributed by atoms with Crippen molar-refractivity contribution in [1.29, 1.82) is 0 Å². The Morgan fingerprint density at radius 2 is 2.08 bits per heavy atom. The van der Waals surface area contributed by atoms with Gasteiger partial charge < -0.3 is 14.5 Å². The van der Waals surface area contributed by atoms with Gasteiger partial charge in [0.2, 0.25) is 5.91 Å². The van der Waals surface area contributed by atoms with E-state index in [1.807, 2.05) is 10.7 Å². The van der Waals surface area contributed by atoms with Crippen molar-refractivity contribution in [2.45, 2.75) is 45.2 Å². The number of halogens is 1. The maximum atomic E-state index is 12.5. The molecule has 3 heterocycles. The number of amides is 1. The van der Waals surface area contributed by atoms with Crippen molar-refractivity contribution in [3.8, 4) is 0 Å². The van der Waals surface area contributed by atoms with Gasteiger partial charge in [-0.1, -0.05) is 16.8 Å². The van der Waals surface area contributed by atoms with Crippen LogP contribution in [0.25, 0.3) is 0 Å². The van der Waals surface area contributed by atoms with Crippen LogP contribution in [-0.4, -0.2) is 43.4 Å². The molecule has 0 atom stereocenters. The van der Waals surface area contributed by atoms with Crippen molar-refractivity contribution in [3.63, 3.8) is 0 Å². The summed E-state index contributed by atoms with van der Waals surface area (Å²) in [7, 11) is 0. The maximum Gasteiger partial charge on any atom is 0.303 e. The highest BCUT2D eigenvalue weighted by Gasteiger charge is 2.21. The van der Waals surface area contributed by atoms with Gasteiger partial charge in [0.25, 0.3) is 0 Å². The minimum absolute atomic E-state index is 0.0364. The smallest absolute Gasteiger partial charge is 0.303 e. The van der Waals surface area contributed by atoms with E-state index in [0.717, 1.165) is 24.4 Å². The number of hydrogen-bond donors (Lipinski definition) is 1. The van der Waals surface area contributed by atoms with Gasteiger partial charge in [0.05, 0.1) is 24.4 Å². The van der Waals surface area contributed by atoms with Gasteiger partial charge in [0.1, 0.15) is 5.76 Å². The summed E-state index contributed by atoms with van der Waals surface area (Å²) in [6.07, 6.45) is 2.05. The van der Waals surface area contributed by atoms with Crippen LogP contribution in [0.15, 0.2) is 16.7 Å². The van der Waals surface area contributed by atoms with Gasteiger partial charge in [-0.2, -0.15) is 5.10 Å². The Bertz CT molecular complexity index is 770. The van der Waals surface area contributed by atoms with Crippen LogP contribution in [0.4, 0.5) is 0 Å². The highest BCUT2D eigenvalue weighted by Crippen LogP contribution is 2.17. The summed E-state index contributed by atoms with van der Waals surface area (Å²) in [5, 5.41) is 17.1. The van der Waals surface area contributed by atoms with Crippen LogP contribution in [0, 0.1) is 0 Å². The molecule has 134 valence electrons. The Hall–Kier alpha value is -2.35. The fourth-order valence-corrected chi connectivity index (χ4v) is 3.04. The number of hydrogen-bond acceptors (Lipinski definition) is 5. The van der Waals surface area contributed by atoms with Crippen molar-refractivity contribution < 1.29 is 19.2 Å². The van der Waals surface area contributed by atoms with Gasteiger partial charge in [0.15, 0.2) is 5.15 Å². The highest BCUT2D eigenvalue weighted by molar-refractivity contribution is 6.29. The summed E-state index contributed by atoms with van der Waals surface area (Å²) in [6.45, 7) is 1.88. The molecule has 0 saturated carbocycles. The van der Waals surface area contributed by atoms with Crippen molar-refractivity contribution in [3.05, 3.63) is 34.4 Å². The van der Waals surface area contributed by atoms with Gasteiger partial charge in [-0.3, -0.25) is 14.3 Å². The molecule has 1 aliphatic heterocycles. The summed E-state index contributed by atoms with van der Waals surface area (Å²) in [5.74, 6) is -0.212. The molecule has 0 fully saturated rings. The zero-order valence-corrected chi connectivity index (χ0v) is 14.4. The number of aliphatic carboxylic acids is 1. The lowest BCUT2D eigenvalue weighted by atomic mass is 10.2. The Balaban J connectivity index is 1.60. The molecular weight excluding hydrogens is 348 g/mol. The first kappa shape index (κ1) is 17.5. The minimum Gasteiger partial charge on any atom is -0.481 e. The van der Waals surface area contributed by atoms with Crippen molar-refractivity contribution in [1.82, 2.24) is 19.8 Å². The predicted molar refractivity (Wildman–Crippen MR) is 88.1 cm³/mol. The zero-order valence-electron chi connectivity index (χ0n) is 13.7. The predicted octanol–water partition coefficient (Wildman–Crippen LogP) is 1.91. The zero-order chi connectivity index (χ0) is 17.8. The van der Waals surface area contributed by atoms with E-state index in [-0.39, 0.29) is 17.5 Å². The van der Waals surface area contributed by atoms with Crippen LogP contribution in [0.3, 0.4) is 0 Å². The first-order valence-electron chi connectivity index (χ1n) is 8.17. The molecule has 0 spiro atoms. The molecule has 25 heavy (non-hydrogen) atoms. The van der Waals surface area contributed by atoms with E-state index in [2.05, 4.69) is 10.3 Å². The van der Waals surface area contributed by atoms with Crippen molar-refractivity contribution in [2.75, 3.05) is 6.54 Å². The number of aryl methyl sites for hydroxylation is 3. The van der Waals surface area contributed by atoms with Crippen LogP contribution in [0.5, 0.6) is 0 Å². The summed E-state index contributed by atoms with van der Waals surface area (Å²) in [4.78, 5) is 25.0. The standard InChI is InChI=1S/C16H19ClN4O4/c17-14-9-13(25-19-14)3-4-15(22)20-6-1-7-21-12(10-20)8-11(18-21)2-5-16(23)24/h8-9H,1-7,10H2,(H,23,24). The molecule has 0 aromatic carbocycles. The average molecular weight is 367 g/mol.